The highest BCUT2D eigenvalue weighted by atomic mass is 16.3. The van der Waals surface area contributed by atoms with Crippen LogP contribution in [0, 0.1) is 0 Å². The number of nitrogens with zero attached hydrogens (tertiary/aromatic N) is 1. The lowest BCUT2D eigenvalue weighted by atomic mass is 10.1. The first-order valence-corrected chi connectivity index (χ1v) is 5.96. The molecule has 1 aliphatic carbocycles. The van der Waals surface area contributed by atoms with E-state index in [-0.39, 0.29) is 17.6 Å². The molecule has 1 aromatic heterocycles. The first-order chi connectivity index (χ1) is 8.18. The molecule has 17 heavy (non-hydrogen) atoms. The molecule has 1 aliphatic rings. The van der Waals surface area contributed by atoms with E-state index in [4.69, 9.17) is 5.73 Å². The molecule has 94 valence electrons. The molecule has 5 N–H and O–H groups in total. The van der Waals surface area contributed by atoms with Gasteiger partial charge in [0.05, 0.1) is 24.0 Å². The topological polar surface area (TPSA) is 104 Å². The number of aliphatic hydroxyl groups is 1. The normalized spacial score (nSPS) is 25.2. The number of aromatic nitrogens is 2. The number of hydrogen-bond donors (Lipinski definition) is 4. The van der Waals surface area contributed by atoms with Crippen LogP contribution in [0.3, 0.4) is 0 Å². The maximum Gasteiger partial charge on any atom is 0.271 e. The van der Waals surface area contributed by atoms with Gasteiger partial charge in [-0.15, -0.1) is 0 Å². The van der Waals surface area contributed by atoms with E-state index in [2.05, 4.69) is 15.5 Å². The van der Waals surface area contributed by atoms with E-state index < -0.39 is 6.10 Å². The van der Waals surface area contributed by atoms with Crippen molar-refractivity contribution in [1.29, 1.82) is 0 Å². The number of H-pyrrole nitrogens is 1. The molecule has 0 saturated heterocycles. The molecule has 1 fully saturated rings. The molecular formula is C11H18N4O2. The monoisotopic (exact) mass is 238 g/mol. The minimum absolute atomic E-state index is 0.187. The van der Waals surface area contributed by atoms with Crippen molar-refractivity contribution in [2.45, 2.75) is 44.2 Å². The Kier molecular flexibility index (Phi) is 3.63. The number of nitrogens with two attached hydrogens (primary N) is 1. The van der Waals surface area contributed by atoms with E-state index in [1.807, 2.05) is 0 Å². The van der Waals surface area contributed by atoms with Crippen molar-refractivity contribution in [2.75, 3.05) is 5.73 Å². The van der Waals surface area contributed by atoms with Crippen LogP contribution in [0.1, 0.15) is 42.6 Å². The second-order valence-corrected chi connectivity index (χ2v) is 4.49. The summed E-state index contributed by atoms with van der Waals surface area (Å²) < 4.78 is 0. The fourth-order valence-corrected chi connectivity index (χ4v) is 2.17. The Morgan fingerprint density at radius 3 is 2.94 bits per heavy atom. The van der Waals surface area contributed by atoms with Gasteiger partial charge in [-0.3, -0.25) is 9.89 Å². The third-order valence-corrected chi connectivity index (χ3v) is 3.19. The molecule has 6 heteroatoms. The molecule has 1 amide bonds. The Morgan fingerprint density at radius 1 is 1.47 bits per heavy atom. The molecule has 0 aliphatic heterocycles. The number of rotatable bonds is 2. The van der Waals surface area contributed by atoms with Crippen molar-refractivity contribution in [2.24, 2.45) is 0 Å². The average molecular weight is 238 g/mol. The predicted molar refractivity (Wildman–Crippen MR) is 63.3 cm³/mol. The Bertz CT molecular complexity index is 391. The molecule has 0 bridgehead atoms. The highest BCUT2D eigenvalue weighted by Gasteiger charge is 2.24. The summed E-state index contributed by atoms with van der Waals surface area (Å²) in [4.78, 5) is 11.9. The van der Waals surface area contributed by atoms with Crippen LogP contribution in [0.4, 0.5) is 5.69 Å². The number of carbonyl (C=O) groups is 1. The number of anilines is 1. The van der Waals surface area contributed by atoms with Crippen LogP contribution in [-0.4, -0.2) is 33.4 Å². The lowest BCUT2D eigenvalue weighted by Gasteiger charge is -2.21. The lowest BCUT2D eigenvalue weighted by molar-refractivity contribution is 0.0815. The van der Waals surface area contributed by atoms with E-state index in [1.165, 1.54) is 6.20 Å². The first-order valence-electron chi connectivity index (χ1n) is 5.96. The van der Waals surface area contributed by atoms with E-state index in [1.54, 1.807) is 0 Å². The van der Waals surface area contributed by atoms with Gasteiger partial charge in [-0.25, -0.2) is 0 Å². The summed E-state index contributed by atoms with van der Waals surface area (Å²) in [6, 6.07) is -0.187. The van der Waals surface area contributed by atoms with Crippen molar-refractivity contribution < 1.29 is 9.90 Å². The van der Waals surface area contributed by atoms with E-state index in [0.717, 1.165) is 32.1 Å². The van der Waals surface area contributed by atoms with Crippen LogP contribution in [0.2, 0.25) is 0 Å². The van der Waals surface area contributed by atoms with Crippen molar-refractivity contribution in [3.63, 3.8) is 0 Å². The number of hydrogen-bond acceptors (Lipinski definition) is 4. The van der Waals surface area contributed by atoms with Gasteiger partial charge in [0, 0.05) is 0 Å². The van der Waals surface area contributed by atoms with E-state index in [9.17, 15) is 9.90 Å². The summed E-state index contributed by atoms with van der Waals surface area (Å²) in [5, 5.41) is 19.0. The van der Waals surface area contributed by atoms with Crippen LogP contribution < -0.4 is 11.1 Å². The highest BCUT2D eigenvalue weighted by Crippen LogP contribution is 2.18. The van der Waals surface area contributed by atoms with Crippen molar-refractivity contribution >= 4 is 11.6 Å². The van der Waals surface area contributed by atoms with Crippen LogP contribution in [0.25, 0.3) is 0 Å². The minimum atomic E-state index is -0.467. The summed E-state index contributed by atoms with van der Waals surface area (Å²) in [7, 11) is 0. The largest absolute Gasteiger partial charge is 0.396 e. The SMILES string of the molecule is Nc1cn[nH]c1C(=O)NC1CCCCCC1O. The Hall–Kier alpha value is -1.56. The maximum atomic E-state index is 11.9. The van der Waals surface area contributed by atoms with E-state index >= 15 is 0 Å². The van der Waals surface area contributed by atoms with Crippen LogP contribution >= 0.6 is 0 Å². The standard InChI is InChI=1S/C11H18N4O2/c12-7-6-13-15-10(7)11(17)14-8-4-2-1-3-5-9(8)16/h6,8-9,16H,1-5,12H2,(H,13,15)(H,14,17). The van der Waals surface area contributed by atoms with Crippen LogP contribution in [-0.2, 0) is 0 Å². The lowest BCUT2D eigenvalue weighted by Crippen LogP contribution is -2.43. The van der Waals surface area contributed by atoms with Gasteiger partial charge in [0.2, 0.25) is 0 Å². The number of nitrogens with one attached hydrogen (secondary N) is 2. The summed E-state index contributed by atoms with van der Waals surface area (Å²) in [5.41, 5.74) is 6.18. The first kappa shape index (κ1) is 11.9. The van der Waals surface area contributed by atoms with Gasteiger partial charge in [-0.1, -0.05) is 19.3 Å². The number of carbonyl (C=O) groups excluding carboxylic acids is 1. The molecule has 1 saturated carbocycles. The van der Waals surface area contributed by atoms with Crippen molar-refractivity contribution in [3.05, 3.63) is 11.9 Å². The quantitative estimate of drug-likeness (QED) is 0.560. The second-order valence-electron chi connectivity index (χ2n) is 4.49. The molecule has 0 aromatic carbocycles. The zero-order valence-corrected chi connectivity index (χ0v) is 9.65. The zero-order valence-electron chi connectivity index (χ0n) is 9.65. The van der Waals surface area contributed by atoms with Gasteiger partial charge < -0.3 is 16.2 Å². The maximum absolute atomic E-state index is 11.9. The van der Waals surface area contributed by atoms with Gasteiger partial charge >= 0.3 is 0 Å². The molecule has 0 spiro atoms. The predicted octanol–water partition coefficient (Wildman–Crippen LogP) is 0.415. The molecular weight excluding hydrogens is 220 g/mol. The van der Waals surface area contributed by atoms with Crippen molar-refractivity contribution in [3.8, 4) is 0 Å². The van der Waals surface area contributed by atoms with Gasteiger partial charge in [-0.05, 0) is 12.8 Å². The molecule has 2 unspecified atom stereocenters. The van der Waals surface area contributed by atoms with Crippen molar-refractivity contribution in [1.82, 2.24) is 15.5 Å². The fraction of sp³-hybridized carbons (Fsp3) is 0.636. The number of nitrogen functional groups attached to an aromatic ring is 1. The van der Waals surface area contributed by atoms with Gasteiger partial charge in [0.1, 0.15) is 5.69 Å². The Morgan fingerprint density at radius 2 is 2.24 bits per heavy atom. The number of amides is 1. The van der Waals surface area contributed by atoms with Gasteiger partial charge in [0.15, 0.2) is 0 Å². The summed E-state index contributed by atoms with van der Waals surface area (Å²) in [5.74, 6) is -0.300. The molecule has 2 rings (SSSR count). The third-order valence-electron chi connectivity index (χ3n) is 3.19. The summed E-state index contributed by atoms with van der Waals surface area (Å²) in [6.07, 6.45) is 5.63. The molecule has 0 radical (unpaired) electrons. The molecule has 1 aromatic rings. The number of aliphatic hydroxyl groups excluding tert-OH is 1. The molecule has 2 atom stereocenters. The summed E-state index contributed by atoms with van der Waals surface area (Å²) >= 11 is 0. The number of aromatic amines is 1. The smallest absolute Gasteiger partial charge is 0.271 e. The Balaban J connectivity index is 2.00. The van der Waals surface area contributed by atoms with Gasteiger partial charge in [0.25, 0.3) is 5.91 Å². The highest BCUT2D eigenvalue weighted by molar-refractivity contribution is 5.97. The van der Waals surface area contributed by atoms with Crippen LogP contribution in [0.15, 0.2) is 6.20 Å². The fourth-order valence-electron chi connectivity index (χ4n) is 2.17. The van der Waals surface area contributed by atoms with Gasteiger partial charge in [-0.2, -0.15) is 5.10 Å². The van der Waals surface area contributed by atoms with Crippen LogP contribution in [0.5, 0.6) is 0 Å². The molecule has 1 heterocycles. The third kappa shape index (κ3) is 2.76. The van der Waals surface area contributed by atoms with E-state index in [0.29, 0.717) is 5.69 Å². The minimum Gasteiger partial charge on any atom is -0.396 e. The second kappa shape index (κ2) is 5.18. The molecule has 6 nitrogen and oxygen atoms in total. The Labute approximate surface area is 99.6 Å². The average Bonchev–Trinajstić information content (AvgIpc) is 2.63. The zero-order chi connectivity index (χ0) is 12.3. The summed E-state index contributed by atoms with van der Waals surface area (Å²) in [6.45, 7) is 0.